The number of hydrogen-bond donors (Lipinski definition) is 0. The second-order valence-electron chi connectivity index (χ2n) is 5.59. The zero-order valence-corrected chi connectivity index (χ0v) is 11.1. The summed E-state index contributed by atoms with van der Waals surface area (Å²) in [5.41, 5.74) is 0. The van der Waals surface area contributed by atoms with Crippen LogP contribution in [0.25, 0.3) is 0 Å². The normalized spacial score (nSPS) is 19.1. The molecule has 4 heteroatoms. The molecule has 1 saturated carbocycles. The van der Waals surface area contributed by atoms with E-state index in [1.807, 2.05) is 0 Å². The lowest BCUT2D eigenvalue weighted by Gasteiger charge is -2.33. The molecule has 1 nitrogen and oxygen atoms in total. The molecule has 1 aliphatic rings. The van der Waals surface area contributed by atoms with Crippen molar-refractivity contribution >= 4 is 0 Å². The Labute approximate surface area is 102 Å². The number of alkyl halides is 3. The zero-order chi connectivity index (χ0) is 13.1. The molecule has 0 bridgehead atoms. The Balaban J connectivity index is 2.57. The average Bonchev–Trinajstić information content (AvgIpc) is 2.96. The first-order valence-corrected chi connectivity index (χ1v) is 6.65. The van der Waals surface area contributed by atoms with Crippen LogP contribution in [0.3, 0.4) is 0 Å². The van der Waals surface area contributed by atoms with Crippen LogP contribution in [0.4, 0.5) is 13.2 Å². The summed E-state index contributed by atoms with van der Waals surface area (Å²) in [5, 5.41) is 0. The van der Waals surface area contributed by atoms with Crippen molar-refractivity contribution in [1.29, 1.82) is 0 Å². The molecule has 102 valence electrons. The highest BCUT2D eigenvalue weighted by Crippen LogP contribution is 2.34. The second kappa shape index (κ2) is 6.07. The van der Waals surface area contributed by atoms with Crippen LogP contribution in [-0.4, -0.2) is 30.2 Å². The van der Waals surface area contributed by atoms with E-state index in [1.165, 1.54) is 0 Å². The van der Waals surface area contributed by atoms with E-state index in [0.717, 1.165) is 19.3 Å². The molecule has 17 heavy (non-hydrogen) atoms. The third kappa shape index (κ3) is 5.28. The summed E-state index contributed by atoms with van der Waals surface area (Å²) in [6.07, 6.45) is -0.868. The van der Waals surface area contributed by atoms with Crippen LogP contribution in [-0.2, 0) is 0 Å². The van der Waals surface area contributed by atoms with Gasteiger partial charge in [0, 0.05) is 6.54 Å². The molecule has 0 heterocycles. The Bertz CT molecular complexity index is 221. The summed E-state index contributed by atoms with van der Waals surface area (Å²) in [6, 6.07) is -1.25. The fraction of sp³-hybridized carbons (Fsp3) is 1.00. The predicted molar refractivity (Wildman–Crippen MR) is 63.9 cm³/mol. The van der Waals surface area contributed by atoms with Crippen LogP contribution in [0, 0.1) is 11.8 Å². The number of hydrogen-bond acceptors (Lipinski definition) is 1. The first kappa shape index (κ1) is 14.8. The topological polar surface area (TPSA) is 3.24 Å². The number of nitrogens with zero attached hydrogens (tertiary/aromatic N) is 1. The molecule has 0 saturated heterocycles. The van der Waals surface area contributed by atoms with Crippen LogP contribution >= 0.6 is 0 Å². The van der Waals surface area contributed by atoms with E-state index in [1.54, 1.807) is 11.8 Å². The molecule has 0 aromatic rings. The minimum atomic E-state index is -4.08. The molecule has 0 aliphatic heterocycles. The summed E-state index contributed by atoms with van der Waals surface area (Å²) in [7, 11) is 0. The van der Waals surface area contributed by atoms with Gasteiger partial charge in [0.05, 0.1) is 0 Å². The molecule has 1 rings (SSSR count). The second-order valence-corrected chi connectivity index (χ2v) is 5.59. The summed E-state index contributed by atoms with van der Waals surface area (Å²) < 4.78 is 38.8. The maximum atomic E-state index is 12.9. The number of rotatable bonds is 7. The summed E-state index contributed by atoms with van der Waals surface area (Å²) >= 11 is 0. The van der Waals surface area contributed by atoms with Gasteiger partial charge in [0.2, 0.25) is 0 Å². The molecule has 1 atom stereocenters. The molecular weight excluding hydrogens is 227 g/mol. The molecule has 0 radical (unpaired) electrons. The maximum Gasteiger partial charge on any atom is 0.404 e. The van der Waals surface area contributed by atoms with Gasteiger partial charge < -0.3 is 0 Å². The van der Waals surface area contributed by atoms with E-state index in [9.17, 15) is 13.2 Å². The highest BCUT2D eigenvalue weighted by Gasteiger charge is 2.43. The third-order valence-electron chi connectivity index (χ3n) is 3.39. The molecule has 0 aromatic heterocycles. The predicted octanol–water partition coefficient (Wildman–Crippen LogP) is 4.09. The Hall–Kier alpha value is -0.250. The van der Waals surface area contributed by atoms with Crippen molar-refractivity contribution in [3.05, 3.63) is 0 Å². The van der Waals surface area contributed by atoms with Crippen molar-refractivity contribution in [3.63, 3.8) is 0 Å². The Morgan fingerprint density at radius 2 is 1.82 bits per heavy atom. The lowest BCUT2D eigenvalue weighted by Crippen LogP contribution is -2.46. The van der Waals surface area contributed by atoms with E-state index in [-0.39, 0.29) is 6.42 Å². The third-order valence-corrected chi connectivity index (χ3v) is 3.39. The standard InChI is InChI=1S/C13H24F3N/c1-4-12(13(14,15)16)17(8-7-10(2)3)9-11-5-6-11/h10-12H,4-9H2,1-3H3/t12-/m0/s1. The van der Waals surface area contributed by atoms with Crippen molar-refractivity contribution in [2.75, 3.05) is 13.1 Å². The van der Waals surface area contributed by atoms with Gasteiger partial charge in [-0.05, 0) is 44.1 Å². The van der Waals surface area contributed by atoms with Gasteiger partial charge in [-0.25, -0.2) is 0 Å². The van der Waals surface area contributed by atoms with Crippen LogP contribution in [0.15, 0.2) is 0 Å². The van der Waals surface area contributed by atoms with Crippen molar-refractivity contribution < 1.29 is 13.2 Å². The van der Waals surface area contributed by atoms with E-state index in [4.69, 9.17) is 0 Å². The number of halogens is 3. The lowest BCUT2D eigenvalue weighted by atomic mass is 10.1. The van der Waals surface area contributed by atoms with Crippen LogP contribution in [0.5, 0.6) is 0 Å². The van der Waals surface area contributed by atoms with Gasteiger partial charge >= 0.3 is 6.18 Å². The SMILES string of the molecule is CC[C@H](N(CCC(C)C)CC1CC1)C(F)(F)F. The smallest absolute Gasteiger partial charge is 0.292 e. The monoisotopic (exact) mass is 251 g/mol. The summed E-state index contributed by atoms with van der Waals surface area (Å²) in [6.45, 7) is 6.96. The van der Waals surface area contributed by atoms with E-state index in [0.29, 0.717) is 24.9 Å². The molecule has 0 spiro atoms. The first-order chi connectivity index (χ1) is 7.84. The Morgan fingerprint density at radius 1 is 1.24 bits per heavy atom. The molecule has 0 unspecified atom stereocenters. The lowest BCUT2D eigenvalue weighted by molar-refractivity contribution is -0.185. The van der Waals surface area contributed by atoms with Crippen molar-refractivity contribution in [2.45, 2.75) is 58.7 Å². The molecule has 0 N–H and O–H groups in total. The minimum absolute atomic E-state index is 0.161. The van der Waals surface area contributed by atoms with Crippen molar-refractivity contribution in [2.24, 2.45) is 11.8 Å². The molecule has 1 aliphatic carbocycles. The van der Waals surface area contributed by atoms with Gasteiger partial charge in [-0.3, -0.25) is 4.90 Å². The van der Waals surface area contributed by atoms with Crippen molar-refractivity contribution in [3.8, 4) is 0 Å². The summed E-state index contributed by atoms with van der Waals surface area (Å²) in [4.78, 5) is 1.66. The van der Waals surface area contributed by atoms with Gasteiger partial charge in [-0.15, -0.1) is 0 Å². The van der Waals surface area contributed by atoms with Crippen LogP contribution < -0.4 is 0 Å². The van der Waals surface area contributed by atoms with Crippen LogP contribution in [0.2, 0.25) is 0 Å². The zero-order valence-electron chi connectivity index (χ0n) is 11.1. The first-order valence-electron chi connectivity index (χ1n) is 6.65. The largest absolute Gasteiger partial charge is 0.404 e. The molecule has 0 amide bonds. The van der Waals surface area contributed by atoms with E-state index < -0.39 is 12.2 Å². The maximum absolute atomic E-state index is 12.9. The summed E-state index contributed by atoms with van der Waals surface area (Å²) in [5.74, 6) is 0.973. The van der Waals surface area contributed by atoms with E-state index in [2.05, 4.69) is 13.8 Å². The van der Waals surface area contributed by atoms with Gasteiger partial charge in [-0.1, -0.05) is 20.8 Å². The minimum Gasteiger partial charge on any atom is -0.292 e. The fourth-order valence-electron chi connectivity index (χ4n) is 2.13. The molecule has 1 fully saturated rings. The van der Waals surface area contributed by atoms with Crippen molar-refractivity contribution in [1.82, 2.24) is 4.90 Å². The Kier molecular flexibility index (Phi) is 5.29. The van der Waals surface area contributed by atoms with Gasteiger partial charge in [0.15, 0.2) is 0 Å². The van der Waals surface area contributed by atoms with E-state index >= 15 is 0 Å². The van der Waals surface area contributed by atoms with Crippen LogP contribution in [0.1, 0.15) is 46.5 Å². The fourth-order valence-corrected chi connectivity index (χ4v) is 2.13. The highest BCUT2D eigenvalue weighted by atomic mass is 19.4. The van der Waals surface area contributed by atoms with Gasteiger partial charge in [0.25, 0.3) is 0 Å². The highest BCUT2D eigenvalue weighted by molar-refractivity contribution is 4.84. The quantitative estimate of drug-likeness (QED) is 0.659. The average molecular weight is 251 g/mol. The Morgan fingerprint density at radius 3 is 2.18 bits per heavy atom. The molecular formula is C13H24F3N. The molecule has 0 aromatic carbocycles. The van der Waals surface area contributed by atoms with Gasteiger partial charge in [0.1, 0.15) is 6.04 Å². The van der Waals surface area contributed by atoms with Gasteiger partial charge in [-0.2, -0.15) is 13.2 Å².